The van der Waals surface area contributed by atoms with Gasteiger partial charge in [-0.2, -0.15) is 0 Å². The lowest BCUT2D eigenvalue weighted by Gasteiger charge is -2.34. The molecular weight excluding hydrogens is 300 g/mol. The maximum Gasteiger partial charge on any atom is 0.337 e. The van der Waals surface area contributed by atoms with Crippen LogP contribution in [0.3, 0.4) is 0 Å². The highest BCUT2D eigenvalue weighted by Crippen LogP contribution is 2.18. The lowest BCUT2D eigenvalue weighted by Crippen LogP contribution is -3.13. The van der Waals surface area contributed by atoms with Crippen LogP contribution in [-0.4, -0.2) is 39.3 Å². The highest BCUT2D eigenvalue weighted by Gasteiger charge is 2.21. The Labute approximate surface area is 143 Å². The zero-order chi connectivity index (χ0) is 16.9. The van der Waals surface area contributed by atoms with Crippen LogP contribution in [0.15, 0.2) is 48.5 Å². The second-order valence-corrected chi connectivity index (χ2v) is 6.39. The minimum Gasteiger partial charge on any atom is -0.465 e. The van der Waals surface area contributed by atoms with Gasteiger partial charge in [-0.3, -0.25) is 0 Å². The van der Waals surface area contributed by atoms with Gasteiger partial charge in [0, 0.05) is 11.3 Å². The largest absolute Gasteiger partial charge is 0.465 e. The minimum absolute atomic E-state index is 0.267. The van der Waals surface area contributed by atoms with Crippen molar-refractivity contribution in [3.63, 3.8) is 0 Å². The molecule has 0 spiro atoms. The molecule has 0 radical (unpaired) electrons. The molecule has 1 N–H and O–H groups in total. The zero-order valence-electron chi connectivity index (χ0n) is 14.4. The normalized spacial score (nSPS) is 15.3. The zero-order valence-corrected chi connectivity index (χ0v) is 14.4. The van der Waals surface area contributed by atoms with E-state index < -0.39 is 0 Å². The van der Waals surface area contributed by atoms with Crippen LogP contribution in [0.2, 0.25) is 0 Å². The average Bonchev–Trinajstić information content (AvgIpc) is 2.62. The van der Waals surface area contributed by atoms with Gasteiger partial charge in [0.1, 0.15) is 6.54 Å². The Hall–Kier alpha value is -2.33. The van der Waals surface area contributed by atoms with E-state index in [4.69, 9.17) is 4.74 Å². The summed E-state index contributed by atoms with van der Waals surface area (Å²) in [5.41, 5.74) is 4.51. The molecule has 4 nitrogen and oxygen atoms in total. The fraction of sp³-hybridized carbons (Fsp3) is 0.350. The molecule has 1 fully saturated rings. The van der Waals surface area contributed by atoms with Gasteiger partial charge in [-0.25, -0.2) is 4.79 Å². The van der Waals surface area contributed by atoms with Crippen molar-refractivity contribution in [2.75, 3.05) is 38.2 Å². The summed E-state index contributed by atoms with van der Waals surface area (Å²) >= 11 is 0. The van der Waals surface area contributed by atoms with Gasteiger partial charge in [0.2, 0.25) is 0 Å². The van der Waals surface area contributed by atoms with Crippen LogP contribution in [0.1, 0.15) is 21.5 Å². The van der Waals surface area contributed by atoms with Crippen molar-refractivity contribution in [2.45, 2.75) is 13.5 Å². The molecule has 1 aliphatic rings. The van der Waals surface area contributed by atoms with Crippen molar-refractivity contribution in [3.8, 4) is 0 Å². The van der Waals surface area contributed by atoms with Crippen LogP contribution in [0.4, 0.5) is 5.69 Å². The van der Waals surface area contributed by atoms with Crippen LogP contribution in [-0.2, 0) is 11.3 Å². The first-order valence-electron chi connectivity index (χ1n) is 8.49. The van der Waals surface area contributed by atoms with Crippen LogP contribution in [0, 0.1) is 6.92 Å². The summed E-state index contributed by atoms with van der Waals surface area (Å²) in [7, 11) is 1.42. The number of anilines is 1. The molecule has 0 unspecified atom stereocenters. The number of esters is 1. The molecule has 0 aliphatic carbocycles. The summed E-state index contributed by atoms with van der Waals surface area (Å²) < 4.78 is 4.80. The number of para-hydroxylation sites is 1. The number of nitrogens with zero attached hydrogens (tertiary/aromatic N) is 1. The maximum atomic E-state index is 11.7. The summed E-state index contributed by atoms with van der Waals surface area (Å²) in [6.07, 6.45) is 0. The number of carbonyl (C=O) groups excluding carboxylic acids is 1. The SMILES string of the molecule is COC(=O)c1cccc(C[NH+]2CCN(c3ccccc3C)CC2)c1. The maximum absolute atomic E-state index is 11.7. The lowest BCUT2D eigenvalue weighted by atomic mass is 10.1. The van der Waals surface area contributed by atoms with Gasteiger partial charge in [-0.15, -0.1) is 0 Å². The molecule has 3 rings (SSSR count). The van der Waals surface area contributed by atoms with Gasteiger partial charge in [-0.05, 0) is 30.7 Å². The molecule has 126 valence electrons. The summed E-state index contributed by atoms with van der Waals surface area (Å²) in [4.78, 5) is 15.7. The van der Waals surface area contributed by atoms with E-state index >= 15 is 0 Å². The van der Waals surface area contributed by atoms with Gasteiger partial charge < -0.3 is 14.5 Å². The highest BCUT2D eigenvalue weighted by atomic mass is 16.5. The number of methoxy groups -OCH3 is 1. The highest BCUT2D eigenvalue weighted by molar-refractivity contribution is 5.89. The molecule has 1 aliphatic heterocycles. The van der Waals surface area contributed by atoms with E-state index in [2.05, 4.69) is 42.2 Å². The molecule has 2 aromatic carbocycles. The minimum atomic E-state index is -0.267. The van der Waals surface area contributed by atoms with Gasteiger partial charge in [0.05, 0.1) is 38.9 Å². The number of carbonyl (C=O) groups is 1. The second kappa shape index (κ2) is 7.49. The van der Waals surface area contributed by atoms with Crippen molar-refractivity contribution < 1.29 is 14.4 Å². The average molecular weight is 325 g/mol. The number of ether oxygens (including phenoxy) is 1. The Kier molecular flexibility index (Phi) is 5.16. The number of hydrogen-bond acceptors (Lipinski definition) is 3. The predicted octanol–water partition coefficient (Wildman–Crippen LogP) is 1.69. The molecule has 24 heavy (non-hydrogen) atoms. The van der Waals surface area contributed by atoms with Crippen molar-refractivity contribution >= 4 is 11.7 Å². The molecule has 0 atom stereocenters. The van der Waals surface area contributed by atoms with E-state index in [-0.39, 0.29) is 5.97 Å². The third-order valence-electron chi connectivity index (χ3n) is 4.73. The third-order valence-corrected chi connectivity index (χ3v) is 4.73. The Bertz CT molecular complexity index is 706. The van der Waals surface area contributed by atoms with Crippen molar-refractivity contribution in [1.29, 1.82) is 0 Å². The predicted molar refractivity (Wildman–Crippen MR) is 95.6 cm³/mol. The van der Waals surface area contributed by atoms with Crippen LogP contribution in [0.5, 0.6) is 0 Å². The first-order valence-corrected chi connectivity index (χ1v) is 8.49. The van der Waals surface area contributed by atoms with E-state index in [1.807, 2.05) is 12.1 Å². The van der Waals surface area contributed by atoms with E-state index in [9.17, 15) is 4.79 Å². The van der Waals surface area contributed by atoms with Gasteiger partial charge in [0.15, 0.2) is 0 Å². The summed E-state index contributed by atoms with van der Waals surface area (Å²) in [6.45, 7) is 7.47. The fourth-order valence-electron chi connectivity index (χ4n) is 3.37. The molecule has 0 bridgehead atoms. The molecule has 1 saturated heterocycles. The molecule has 1 heterocycles. The van der Waals surface area contributed by atoms with E-state index in [0.29, 0.717) is 5.56 Å². The molecule has 0 saturated carbocycles. The number of benzene rings is 2. The van der Waals surface area contributed by atoms with E-state index in [1.54, 1.807) is 11.0 Å². The van der Waals surface area contributed by atoms with Crippen LogP contribution < -0.4 is 9.80 Å². The second-order valence-electron chi connectivity index (χ2n) is 6.39. The molecule has 4 heteroatoms. The van der Waals surface area contributed by atoms with Crippen molar-refractivity contribution in [3.05, 3.63) is 65.2 Å². The summed E-state index contributed by atoms with van der Waals surface area (Å²) in [6, 6.07) is 16.4. The smallest absolute Gasteiger partial charge is 0.337 e. The standard InChI is InChI=1S/C20H24N2O2/c1-16-6-3-4-9-19(16)22-12-10-21(11-13-22)15-17-7-5-8-18(14-17)20(23)24-2/h3-9,14H,10-13,15H2,1-2H3/p+1. The van der Waals surface area contributed by atoms with E-state index in [0.717, 1.165) is 32.7 Å². The van der Waals surface area contributed by atoms with Gasteiger partial charge in [-0.1, -0.05) is 30.3 Å². The first-order chi connectivity index (χ1) is 11.7. The molecule has 0 aromatic heterocycles. The Morgan fingerprint density at radius 2 is 1.88 bits per heavy atom. The number of hydrogen-bond donors (Lipinski definition) is 1. The Balaban J connectivity index is 1.60. The Morgan fingerprint density at radius 3 is 2.58 bits per heavy atom. The van der Waals surface area contributed by atoms with Crippen LogP contribution >= 0.6 is 0 Å². The fourth-order valence-corrected chi connectivity index (χ4v) is 3.37. The van der Waals surface area contributed by atoms with Crippen molar-refractivity contribution in [1.82, 2.24) is 0 Å². The summed E-state index contributed by atoms with van der Waals surface area (Å²) in [5, 5.41) is 0. The number of piperazine rings is 1. The lowest BCUT2D eigenvalue weighted by molar-refractivity contribution is -0.914. The quantitative estimate of drug-likeness (QED) is 0.869. The number of quaternary nitrogens is 1. The number of rotatable bonds is 4. The van der Waals surface area contributed by atoms with Crippen LogP contribution in [0.25, 0.3) is 0 Å². The topological polar surface area (TPSA) is 34.0 Å². The van der Waals surface area contributed by atoms with Crippen molar-refractivity contribution in [2.24, 2.45) is 0 Å². The van der Waals surface area contributed by atoms with E-state index in [1.165, 1.54) is 23.9 Å². The van der Waals surface area contributed by atoms with Gasteiger partial charge >= 0.3 is 5.97 Å². The van der Waals surface area contributed by atoms with Gasteiger partial charge in [0.25, 0.3) is 0 Å². The molecule has 2 aromatic rings. The number of nitrogens with one attached hydrogen (secondary N) is 1. The molecule has 0 amide bonds. The summed E-state index contributed by atoms with van der Waals surface area (Å²) in [5.74, 6) is -0.267. The first kappa shape index (κ1) is 16.5. The third kappa shape index (κ3) is 3.77. The molecular formula is C20H25N2O2+. The Morgan fingerprint density at radius 1 is 1.12 bits per heavy atom. The number of aryl methyl sites for hydroxylation is 1. The monoisotopic (exact) mass is 325 g/mol.